The number of halogens is 2. The molecule has 1 atom stereocenters. The standard InChI is InChI=1S/C11H17FN2O2S.ClH/c1-9(13-2)7-14-17(15,16)8-10-5-3-4-6-11(10)12;/h3-6,9,13-14H,7-8H2,1-2H3;1H. The van der Waals surface area contributed by atoms with Crippen LogP contribution in [-0.4, -0.2) is 28.1 Å². The smallest absolute Gasteiger partial charge is 0.215 e. The minimum atomic E-state index is -3.49. The molecule has 0 heterocycles. The summed E-state index contributed by atoms with van der Waals surface area (Å²) in [5.74, 6) is -0.838. The van der Waals surface area contributed by atoms with E-state index in [1.165, 1.54) is 18.2 Å². The van der Waals surface area contributed by atoms with Crippen molar-refractivity contribution in [3.05, 3.63) is 35.6 Å². The first-order valence-corrected chi connectivity index (χ1v) is 6.98. The summed E-state index contributed by atoms with van der Waals surface area (Å²) < 4.78 is 39.0. The first-order valence-electron chi connectivity index (χ1n) is 5.32. The molecule has 18 heavy (non-hydrogen) atoms. The topological polar surface area (TPSA) is 58.2 Å². The van der Waals surface area contributed by atoms with Crippen molar-refractivity contribution in [1.29, 1.82) is 0 Å². The lowest BCUT2D eigenvalue weighted by Gasteiger charge is -2.12. The predicted molar refractivity (Wildman–Crippen MR) is 72.8 cm³/mol. The zero-order valence-electron chi connectivity index (χ0n) is 10.3. The van der Waals surface area contributed by atoms with Crippen LogP contribution in [0.25, 0.3) is 0 Å². The third-order valence-corrected chi connectivity index (χ3v) is 3.70. The number of hydrogen-bond donors (Lipinski definition) is 2. The monoisotopic (exact) mass is 296 g/mol. The van der Waals surface area contributed by atoms with Crippen molar-refractivity contribution < 1.29 is 12.8 Å². The molecule has 0 amide bonds. The second kappa shape index (κ2) is 7.68. The molecule has 0 fully saturated rings. The van der Waals surface area contributed by atoms with Crippen molar-refractivity contribution in [3.63, 3.8) is 0 Å². The number of likely N-dealkylation sites (N-methyl/N-ethyl adjacent to an activating group) is 1. The molecule has 0 bridgehead atoms. The summed E-state index contributed by atoms with van der Waals surface area (Å²) in [4.78, 5) is 0. The molecule has 4 nitrogen and oxygen atoms in total. The number of hydrogen-bond acceptors (Lipinski definition) is 3. The third kappa shape index (κ3) is 5.77. The van der Waals surface area contributed by atoms with Crippen molar-refractivity contribution in [2.24, 2.45) is 0 Å². The molecular formula is C11H18ClFN2O2S. The summed E-state index contributed by atoms with van der Waals surface area (Å²) in [6.07, 6.45) is 0. The second-order valence-corrected chi connectivity index (χ2v) is 5.70. The van der Waals surface area contributed by atoms with Gasteiger partial charge >= 0.3 is 0 Å². The Hall–Kier alpha value is -0.690. The first kappa shape index (κ1) is 17.3. The fourth-order valence-electron chi connectivity index (χ4n) is 1.23. The van der Waals surface area contributed by atoms with Crippen LogP contribution in [0.5, 0.6) is 0 Å². The summed E-state index contributed by atoms with van der Waals surface area (Å²) in [6.45, 7) is 2.14. The number of nitrogens with one attached hydrogen (secondary N) is 2. The Kier molecular flexibility index (Phi) is 7.39. The lowest BCUT2D eigenvalue weighted by atomic mass is 10.2. The van der Waals surface area contributed by atoms with E-state index in [1.807, 2.05) is 6.92 Å². The van der Waals surface area contributed by atoms with Gasteiger partial charge < -0.3 is 5.32 Å². The van der Waals surface area contributed by atoms with Gasteiger partial charge in [0, 0.05) is 18.2 Å². The van der Waals surface area contributed by atoms with Crippen LogP contribution in [0.1, 0.15) is 12.5 Å². The van der Waals surface area contributed by atoms with Gasteiger partial charge in [0.1, 0.15) is 5.82 Å². The minimum Gasteiger partial charge on any atom is -0.316 e. The third-order valence-electron chi connectivity index (χ3n) is 2.41. The molecule has 104 valence electrons. The van der Waals surface area contributed by atoms with Gasteiger partial charge in [0.05, 0.1) is 5.75 Å². The van der Waals surface area contributed by atoms with E-state index < -0.39 is 15.8 Å². The van der Waals surface area contributed by atoms with Crippen LogP contribution in [0.15, 0.2) is 24.3 Å². The molecule has 2 N–H and O–H groups in total. The first-order chi connectivity index (χ1) is 7.94. The van der Waals surface area contributed by atoms with Gasteiger partial charge in [-0.15, -0.1) is 12.4 Å². The zero-order chi connectivity index (χ0) is 12.9. The molecule has 1 aromatic carbocycles. The molecular weight excluding hydrogens is 279 g/mol. The molecule has 0 aromatic heterocycles. The van der Waals surface area contributed by atoms with E-state index in [2.05, 4.69) is 10.0 Å². The van der Waals surface area contributed by atoms with Crippen molar-refractivity contribution in [1.82, 2.24) is 10.0 Å². The Morgan fingerprint density at radius 2 is 1.94 bits per heavy atom. The molecule has 0 radical (unpaired) electrons. The molecule has 1 aromatic rings. The summed E-state index contributed by atoms with van der Waals surface area (Å²) in [7, 11) is -1.75. The second-order valence-electron chi connectivity index (χ2n) is 3.89. The molecule has 1 unspecified atom stereocenters. The van der Waals surface area contributed by atoms with E-state index in [-0.39, 0.29) is 36.3 Å². The fraction of sp³-hybridized carbons (Fsp3) is 0.455. The summed E-state index contributed by atoms with van der Waals surface area (Å²) in [6, 6.07) is 5.90. The van der Waals surface area contributed by atoms with Gasteiger partial charge in [0.15, 0.2) is 0 Å². The predicted octanol–water partition coefficient (Wildman–Crippen LogP) is 1.27. The Morgan fingerprint density at radius 3 is 2.50 bits per heavy atom. The molecule has 0 spiro atoms. The van der Waals surface area contributed by atoms with Crippen LogP contribution in [0.4, 0.5) is 4.39 Å². The van der Waals surface area contributed by atoms with Crippen LogP contribution in [0.2, 0.25) is 0 Å². The van der Waals surface area contributed by atoms with Crippen molar-refractivity contribution in [2.45, 2.75) is 18.7 Å². The molecule has 0 aliphatic heterocycles. The maximum Gasteiger partial charge on any atom is 0.215 e. The molecule has 0 saturated heterocycles. The van der Waals surface area contributed by atoms with E-state index in [1.54, 1.807) is 13.1 Å². The molecule has 0 aliphatic rings. The van der Waals surface area contributed by atoms with Gasteiger partial charge in [-0.3, -0.25) is 0 Å². The average Bonchev–Trinajstić information content (AvgIpc) is 2.29. The zero-order valence-corrected chi connectivity index (χ0v) is 11.9. The summed E-state index contributed by atoms with van der Waals surface area (Å²) in [5, 5.41) is 2.91. The van der Waals surface area contributed by atoms with Gasteiger partial charge in [-0.1, -0.05) is 18.2 Å². The fourth-order valence-corrected chi connectivity index (χ4v) is 2.47. The van der Waals surface area contributed by atoms with Gasteiger partial charge in [0.25, 0.3) is 0 Å². The lowest BCUT2D eigenvalue weighted by Crippen LogP contribution is -2.37. The van der Waals surface area contributed by atoms with Crippen LogP contribution < -0.4 is 10.0 Å². The molecule has 0 saturated carbocycles. The number of sulfonamides is 1. The van der Waals surface area contributed by atoms with Gasteiger partial charge in [-0.2, -0.15) is 0 Å². The highest BCUT2D eigenvalue weighted by Gasteiger charge is 2.14. The van der Waals surface area contributed by atoms with Gasteiger partial charge in [0.2, 0.25) is 10.0 Å². The van der Waals surface area contributed by atoms with Crippen LogP contribution in [-0.2, 0) is 15.8 Å². The van der Waals surface area contributed by atoms with E-state index in [0.717, 1.165) is 0 Å². The molecule has 1 rings (SSSR count). The van der Waals surface area contributed by atoms with Crippen LogP contribution >= 0.6 is 12.4 Å². The largest absolute Gasteiger partial charge is 0.316 e. The molecule has 0 aliphatic carbocycles. The number of rotatable bonds is 6. The summed E-state index contributed by atoms with van der Waals surface area (Å²) >= 11 is 0. The Balaban J connectivity index is 0.00000289. The lowest BCUT2D eigenvalue weighted by molar-refractivity contribution is 0.551. The SMILES string of the molecule is CNC(C)CNS(=O)(=O)Cc1ccccc1F.Cl. The van der Waals surface area contributed by atoms with Gasteiger partial charge in [-0.25, -0.2) is 17.5 Å². The highest BCUT2D eigenvalue weighted by molar-refractivity contribution is 7.88. The van der Waals surface area contributed by atoms with E-state index in [0.29, 0.717) is 0 Å². The van der Waals surface area contributed by atoms with Crippen LogP contribution in [0, 0.1) is 5.82 Å². The van der Waals surface area contributed by atoms with E-state index in [4.69, 9.17) is 0 Å². The maximum absolute atomic E-state index is 13.3. The number of benzene rings is 1. The Labute approximate surface area is 113 Å². The van der Waals surface area contributed by atoms with Crippen molar-refractivity contribution in [3.8, 4) is 0 Å². The highest BCUT2D eigenvalue weighted by atomic mass is 35.5. The van der Waals surface area contributed by atoms with Crippen LogP contribution in [0.3, 0.4) is 0 Å². The normalized spacial score (nSPS) is 12.8. The summed E-state index contributed by atoms with van der Waals surface area (Å²) in [5.41, 5.74) is 0.178. The van der Waals surface area contributed by atoms with Crippen molar-refractivity contribution >= 4 is 22.4 Å². The van der Waals surface area contributed by atoms with E-state index >= 15 is 0 Å². The minimum absolute atomic E-state index is 0. The van der Waals surface area contributed by atoms with E-state index in [9.17, 15) is 12.8 Å². The maximum atomic E-state index is 13.3. The van der Waals surface area contributed by atoms with Crippen molar-refractivity contribution in [2.75, 3.05) is 13.6 Å². The van der Waals surface area contributed by atoms with Gasteiger partial charge in [-0.05, 0) is 20.0 Å². The highest BCUT2D eigenvalue weighted by Crippen LogP contribution is 2.09. The Bertz CT molecular complexity index is 468. The quantitative estimate of drug-likeness (QED) is 0.831. The molecule has 7 heteroatoms. The Morgan fingerprint density at radius 1 is 1.33 bits per heavy atom. The average molecular weight is 297 g/mol.